The second-order valence-corrected chi connectivity index (χ2v) is 7.74. The first kappa shape index (κ1) is 17.8. The van der Waals surface area contributed by atoms with Crippen LogP contribution in [-0.4, -0.2) is 25.7 Å². The fourth-order valence-electron chi connectivity index (χ4n) is 2.65. The SMILES string of the molecule is O=C(Cn1c(-c2ccc(Cl)cc2)n[nH]c1=S)NCc1nc2ccccc2s1. The Balaban J connectivity index is 1.47. The number of rotatable bonds is 5. The molecule has 0 atom stereocenters. The minimum Gasteiger partial charge on any atom is -0.348 e. The summed E-state index contributed by atoms with van der Waals surface area (Å²) in [4.78, 5) is 16.9. The number of thiazole rings is 1. The Morgan fingerprint density at radius 1 is 1.22 bits per heavy atom. The minimum atomic E-state index is -0.165. The molecule has 6 nitrogen and oxygen atoms in total. The smallest absolute Gasteiger partial charge is 0.240 e. The second kappa shape index (κ2) is 7.59. The summed E-state index contributed by atoms with van der Waals surface area (Å²) in [6.07, 6.45) is 0. The Kier molecular flexibility index (Phi) is 5.02. The Labute approximate surface area is 168 Å². The van der Waals surface area contributed by atoms with E-state index >= 15 is 0 Å². The first-order valence-electron chi connectivity index (χ1n) is 8.12. The third kappa shape index (κ3) is 3.92. The zero-order valence-corrected chi connectivity index (χ0v) is 16.4. The molecule has 0 saturated heterocycles. The fourth-order valence-corrected chi connectivity index (χ4v) is 3.88. The first-order valence-corrected chi connectivity index (χ1v) is 9.73. The van der Waals surface area contributed by atoms with Gasteiger partial charge < -0.3 is 5.32 Å². The number of fused-ring (bicyclic) bond motifs is 1. The van der Waals surface area contributed by atoms with E-state index in [9.17, 15) is 4.79 Å². The van der Waals surface area contributed by atoms with Crippen LogP contribution in [0.1, 0.15) is 5.01 Å². The number of aromatic amines is 1. The van der Waals surface area contributed by atoms with Crippen LogP contribution in [0.3, 0.4) is 0 Å². The Morgan fingerprint density at radius 3 is 2.78 bits per heavy atom. The van der Waals surface area contributed by atoms with Gasteiger partial charge >= 0.3 is 0 Å². The summed E-state index contributed by atoms with van der Waals surface area (Å²) in [6.45, 7) is 0.442. The molecule has 4 rings (SSSR count). The number of hydrogen-bond donors (Lipinski definition) is 2. The van der Waals surface area contributed by atoms with Gasteiger partial charge in [-0.2, -0.15) is 5.10 Å². The van der Waals surface area contributed by atoms with E-state index in [1.165, 1.54) is 0 Å². The highest BCUT2D eigenvalue weighted by Crippen LogP contribution is 2.22. The van der Waals surface area contributed by atoms with Gasteiger partial charge in [0, 0.05) is 10.6 Å². The standard InChI is InChI=1S/C18H14ClN5OS2/c19-12-7-5-11(6-8-12)17-22-23-18(26)24(17)10-15(25)20-9-16-21-13-3-1-2-4-14(13)27-16/h1-8H,9-10H2,(H,20,25)(H,23,26). The Hall–Kier alpha value is -2.55. The third-order valence-electron chi connectivity index (χ3n) is 3.94. The molecule has 2 aromatic carbocycles. The number of halogens is 1. The van der Waals surface area contributed by atoms with Crippen LogP contribution in [0.4, 0.5) is 0 Å². The van der Waals surface area contributed by atoms with E-state index in [0.29, 0.717) is 22.2 Å². The average molecular weight is 416 g/mol. The van der Waals surface area contributed by atoms with Gasteiger partial charge in [-0.05, 0) is 48.6 Å². The van der Waals surface area contributed by atoms with Crippen molar-refractivity contribution in [2.45, 2.75) is 13.1 Å². The van der Waals surface area contributed by atoms with Gasteiger partial charge in [0.05, 0.1) is 16.8 Å². The molecule has 27 heavy (non-hydrogen) atoms. The van der Waals surface area contributed by atoms with E-state index < -0.39 is 0 Å². The number of benzene rings is 2. The largest absolute Gasteiger partial charge is 0.348 e. The average Bonchev–Trinajstić information content (AvgIpc) is 3.24. The van der Waals surface area contributed by atoms with Gasteiger partial charge in [-0.15, -0.1) is 11.3 Å². The first-order chi connectivity index (χ1) is 13.1. The van der Waals surface area contributed by atoms with E-state index in [1.807, 2.05) is 36.4 Å². The molecule has 2 heterocycles. The van der Waals surface area contributed by atoms with Crippen molar-refractivity contribution in [1.82, 2.24) is 25.1 Å². The molecule has 0 saturated carbocycles. The molecule has 136 valence electrons. The molecule has 0 aliphatic carbocycles. The van der Waals surface area contributed by atoms with Crippen LogP contribution in [0, 0.1) is 4.77 Å². The Morgan fingerprint density at radius 2 is 2.00 bits per heavy atom. The highest BCUT2D eigenvalue weighted by molar-refractivity contribution is 7.71. The van der Waals surface area contributed by atoms with Crippen LogP contribution in [-0.2, 0) is 17.9 Å². The molecule has 0 radical (unpaired) electrons. The molecule has 2 aromatic heterocycles. The van der Waals surface area contributed by atoms with E-state index in [2.05, 4.69) is 20.5 Å². The summed E-state index contributed by atoms with van der Waals surface area (Å²) >= 11 is 12.8. The van der Waals surface area contributed by atoms with Crippen LogP contribution >= 0.6 is 35.2 Å². The van der Waals surface area contributed by atoms with E-state index in [0.717, 1.165) is 20.8 Å². The minimum absolute atomic E-state index is 0.0676. The van der Waals surface area contributed by atoms with Crippen LogP contribution < -0.4 is 5.32 Å². The molecule has 0 unspecified atom stereocenters. The van der Waals surface area contributed by atoms with Gasteiger partial charge in [-0.25, -0.2) is 4.98 Å². The third-order valence-corrected chi connectivity index (χ3v) is 5.54. The Bertz CT molecular complexity index is 1130. The number of carbonyl (C=O) groups is 1. The maximum Gasteiger partial charge on any atom is 0.240 e. The predicted molar refractivity (Wildman–Crippen MR) is 109 cm³/mol. The molecule has 0 fully saturated rings. The van der Waals surface area contributed by atoms with Crippen LogP contribution in [0.5, 0.6) is 0 Å². The zero-order chi connectivity index (χ0) is 18.8. The van der Waals surface area contributed by atoms with Crippen LogP contribution in [0.2, 0.25) is 5.02 Å². The molecular weight excluding hydrogens is 402 g/mol. The van der Waals surface area contributed by atoms with Gasteiger partial charge in [-0.1, -0.05) is 23.7 Å². The quantitative estimate of drug-likeness (QED) is 0.479. The predicted octanol–water partition coefficient (Wildman–Crippen LogP) is 4.19. The lowest BCUT2D eigenvalue weighted by atomic mass is 10.2. The van der Waals surface area contributed by atoms with Crippen molar-refractivity contribution in [1.29, 1.82) is 0 Å². The van der Waals surface area contributed by atoms with Crippen molar-refractivity contribution < 1.29 is 4.79 Å². The molecule has 0 aliphatic heterocycles. The number of H-pyrrole nitrogens is 1. The van der Waals surface area contributed by atoms with Gasteiger partial charge in [0.15, 0.2) is 10.6 Å². The number of para-hydroxylation sites is 1. The molecule has 4 aromatic rings. The van der Waals surface area contributed by atoms with Crippen molar-refractivity contribution in [3.63, 3.8) is 0 Å². The fraction of sp³-hybridized carbons (Fsp3) is 0.111. The zero-order valence-electron chi connectivity index (χ0n) is 14.0. The van der Waals surface area contributed by atoms with Crippen LogP contribution in [0.15, 0.2) is 48.5 Å². The lowest BCUT2D eigenvalue weighted by molar-refractivity contribution is -0.121. The molecule has 0 aliphatic rings. The second-order valence-electron chi connectivity index (χ2n) is 5.80. The number of nitrogens with zero attached hydrogens (tertiary/aromatic N) is 3. The van der Waals surface area contributed by atoms with Crippen molar-refractivity contribution in [3.8, 4) is 11.4 Å². The number of carbonyl (C=O) groups excluding carboxylic acids is 1. The summed E-state index contributed by atoms with van der Waals surface area (Å²) in [5.74, 6) is 0.425. The van der Waals surface area contributed by atoms with Crippen molar-refractivity contribution in [3.05, 3.63) is 63.3 Å². The highest BCUT2D eigenvalue weighted by atomic mass is 35.5. The molecular formula is C18H14ClN5OS2. The molecule has 1 amide bonds. The maximum atomic E-state index is 12.4. The molecule has 2 N–H and O–H groups in total. The summed E-state index contributed by atoms with van der Waals surface area (Å²) in [5, 5.41) is 11.4. The van der Waals surface area contributed by atoms with Crippen molar-refractivity contribution in [2.24, 2.45) is 0 Å². The van der Waals surface area contributed by atoms with E-state index in [4.69, 9.17) is 23.8 Å². The monoisotopic (exact) mass is 415 g/mol. The summed E-state index contributed by atoms with van der Waals surface area (Å²) in [6, 6.07) is 15.1. The van der Waals surface area contributed by atoms with Gasteiger partial charge in [-0.3, -0.25) is 14.5 Å². The summed E-state index contributed by atoms with van der Waals surface area (Å²) < 4.78 is 3.14. The number of nitrogens with one attached hydrogen (secondary N) is 2. The lowest BCUT2D eigenvalue weighted by Crippen LogP contribution is -2.27. The van der Waals surface area contributed by atoms with E-state index in [-0.39, 0.29) is 12.5 Å². The topological polar surface area (TPSA) is 75.6 Å². The summed E-state index contributed by atoms with van der Waals surface area (Å²) in [5.41, 5.74) is 1.76. The highest BCUT2D eigenvalue weighted by Gasteiger charge is 2.13. The molecule has 9 heteroatoms. The van der Waals surface area contributed by atoms with Gasteiger partial charge in [0.1, 0.15) is 11.6 Å². The maximum absolute atomic E-state index is 12.4. The van der Waals surface area contributed by atoms with Gasteiger partial charge in [0.2, 0.25) is 5.91 Å². The lowest BCUT2D eigenvalue weighted by Gasteiger charge is -2.07. The number of aromatic nitrogens is 4. The molecule has 0 bridgehead atoms. The summed E-state index contributed by atoms with van der Waals surface area (Å²) in [7, 11) is 0. The number of amides is 1. The number of hydrogen-bond acceptors (Lipinski definition) is 5. The van der Waals surface area contributed by atoms with Crippen LogP contribution in [0.25, 0.3) is 21.6 Å². The van der Waals surface area contributed by atoms with Crippen molar-refractivity contribution >= 4 is 51.3 Å². The molecule has 0 spiro atoms. The van der Waals surface area contributed by atoms with Gasteiger partial charge in [0.25, 0.3) is 0 Å². The van der Waals surface area contributed by atoms with Crippen molar-refractivity contribution in [2.75, 3.05) is 0 Å². The normalized spacial score (nSPS) is 11.0. The van der Waals surface area contributed by atoms with E-state index in [1.54, 1.807) is 28.0 Å².